The molecule has 1 heterocycles. The molecule has 2 aromatic rings. The van der Waals surface area contributed by atoms with E-state index in [0.29, 0.717) is 5.82 Å². The van der Waals surface area contributed by atoms with Crippen LogP contribution >= 0.6 is 0 Å². The smallest absolute Gasteiger partial charge is 0.153 e. The second kappa shape index (κ2) is 5.09. The van der Waals surface area contributed by atoms with Crippen molar-refractivity contribution in [1.82, 2.24) is 10.2 Å². The fourth-order valence-corrected chi connectivity index (χ4v) is 2.21. The third-order valence-electron chi connectivity index (χ3n) is 3.19. The molecule has 0 unspecified atom stereocenters. The Labute approximate surface area is 112 Å². The van der Waals surface area contributed by atoms with Crippen molar-refractivity contribution in [3.63, 3.8) is 0 Å². The van der Waals surface area contributed by atoms with E-state index >= 15 is 0 Å². The van der Waals surface area contributed by atoms with Crippen molar-refractivity contribution in [3.8, 4) is 11.1 Å². The first kappa shape index (κ1) is 13.1. The Balaban J connectivity index is 2.74. The normalized spacial score (nSPS) is 10.3. The van der Waals surface area contributed by atoms with Gasteiger partial charge in [-0.1, -0.05) is 0 Å². The summed E-state index contributed by atoms with van der Waals surface area (Å²) in [6.07, 6.45) is 0. The van der Waals surface area contributed by atoms with Gasteiger partial charge >= 0.3 is 0 Å². The van der Waals surface area contributed by atoms with Crippen LogP contribution in [0.1, 0.15) is 5.69 Å². The van der Waals surface area contributed by atoms with Gasteiger partial charge in [0.1, 0.15) is 0 Å². The van der Waals surface area contributed by atoms with Gasteiger partial charge in [-0.3, -0.25) is 5.10 Å². The molecule has 0 atom stereocenters. The van der Waals surface area contributed by atoms with E-state index in [1.165, 1.54) is 0 Å². The predicted molar refractivity (Wildman–Crippen MR) is 81.8 cm³/mol. The van der Waals surface area contributed by atoms with Gasteiger partial charge < -0.3 is 21.7 Å². The number of aromatic amines is 1. The molecule has 0 spiro atoms. The number of anilines is 4. The molecule has 0 bridgehead atoms. The number of rotatable bonds is 4. The molecule has 0 saturated carbocycles. The first-order chi connectivity index (χ1) is 9.12. The standard InChI is InChI=1S/C13H20N6/c1-7-11(13(14)19-18-7)12-9(16-3)5-8(15-2)6-10(12)17-4/h5-6,15-17H,1-4H3,(H3,14,18,19). The van der Waals surface area contributed by atoms with Crippen LogP contribution in [0.2, 0.25) is 0 Å². The van der Waals surface area contributed by atoms with Gasteiger partial charge in [0.05, 0.1) is 5.56 Å². The zero-order valence-corrected chi connectivity index (χ0v) is 11.7. The minimum atomic E-state index is 0.503. The molecule has 0 aliphatic heterocycles. The molecule has 102 valence electrons. The summed E-state index contributed by atoms with van der Waals surface area (Å²) in [7, 11) is 5.68. The Morgan fingerprint density at radius 2 is 1.58 bits per heavy atom. The maximum absolute atomic E-state index is 5.98. The van der Waals surface area contributed by atoms with E-state index in [-0.39, 0.29) is 0 Å². The molecule has 0 aliphatic carbocycles. The molecule has 2 rings (SSSR count). The van der Waals surface area contributed by atoms with Crippen LogP contribution in [-0.2, 0) is 0 Å². The number of nitrogens with zero attached hydrogens (tertiary/aromatic N) is 1. The number of aromatic nitrogens is 2. The van der Waals surface area contributed by atoms with Crippen molar-refractivity contribution in [2.24, 2.45) is 0 Å². The molecular formula is C13H20N6. The van der Waals surface area contributed by atoms with E-state index in [9.17, 15) is 0 Å². The number of hydrogen-bond donors (Lipinski definition) is 5. The molecule has 1 aromatic carbocycles. The van der Waals surface area contributed by atoms with Gasteiger partial charge in [0.25, 0.3) is 0 Å². The molecule has 0 radical (unpaired) electrons. The largest absolute Gasteiger partial charge is 0.388 e. The molecule has 19 heavy (non-hydrogen) atoms. The van der Waals surface area contributed by atoms with Gasteiger partial charge in [-0.25, -0.2) is 0 Å². The van der Waals surface area contributed by atoms with E-state index in [1.807, 2.05) is 40.2 Å². The topological polar surface area (TPSA) is 90.8 Å². The molecular weight excluding hydrogens is 240 g/mol. The maximum atomic E-state index is 5.98. The summed E-state index contributed by atoms with van der Waals surface area (Å²) in [5.41, 5.74) is 11.9. The molecule has 1 aromatic heterocycles. The van der Waals surface area contributed by atoms with Gasteiger partial charge in [-0.05, 0) is 19.1 Å². The molecule has 0 fully saturated rings. The number of nitrogens with two attached hydrogens (primary N) is 1. The van der Waals surface area contributed by atoms with Crippen molar-refractivity contribution in [2.75, 3.05) is 42.8 Å². The summed E-state index contributed by atoms with van der Waals surface area (Å²) in [6, 6.07) is 4.09. The van der Waals surface area contributed by atoms with Gasteiger partial charge in [-0.2, -0.15) is 5.10 Å². The highest BCUT2D eigenvalue weighted by molar-refractivity contribution is 5.95. The Morgan fingerprint density at radius 1 is 1.00 bits per heavy atom. The van der Waals surface area contributed by atoms with Crippen molar-refractivity contribution in [3.05, 3.63) is 17.8 Å². The van der Waals surface area contributed by atoms with Crippen LogP contribution < -0.4 is 21.7 Å². The Bertz CT molecular complexity index is 542. The highest BCUT2D eigenvalue weighted by Gasteiger charge is 2.18. The van der Waals surface area contributed by atoms with Gasteiger partial charge in [0.2, 0.25) is 0 Å². The molecule has 6 nitrogen and oxygen atoms in total. The van der Waals surface area contributed by atoms with Crippen molar-refractivity contribution >= 4 is 22.9 Å². The summed E-state index contributed by atoms with van der Waals surface area (Å²) in [6.45, 7) is 1.96. The molecule has 0 saturated heterocycles. The minimum absolute atomic E-state index is 0.503. The van der Waals surface area contributed by atoms with Crippen LogP contribution in [0.25, 0.3) is 11.1 Å². The first-order valence-electron chi connectivity index (χ1n) is 6.14. The van der Waals surface area contributed by atoms with Crippen LogP contribution in [0.4, 0.5) is 22.9 Å². The SMILES string of the molecule is CNc1cc(NC)c(-c2c(N)n[nH]c2C)c(NC)c1. The van der Waals surface area contributed by atoms with Crippen molar-refractivity contribution in [2.45, 2.75) is 6.92 Å². The van der Waals surface area contributed by atoms with Crippen LogP contribution in [0.3, 0.4) is 0 Å². The Kier molecular flexibility index (Phi) is 3.50. The predicted octanol–water partition coefficient (Wildman–Crippen LogP) is 2.09. The molecule has 0 aliphatic rings. The minimum Gasteiger partial charge on any atom is -0.388 e. The fourth-order valence-electron chi connectivity index (χ4n) is 2.21. The number of nitrogens with one attached hydrogen (secondary N) is 4. The third kappa shape index (κ3) is 2.16. The monoisotopic (exact) mass is 260 g/mol. The lowest BCUT2D eigenvalue weighted by atomic mass is 10.00. The van der Waals surface area contributed by atoms with E-state index in [1.54, 1.807) is 0 Å². The number of nitrogen functional groups attached to an aromatic ring is 1. The summed E-state index contributed by atoms with van der Waals surface area (Å²) >= 11 is 0. The van der Waals surface area contributed by atoms with Crippen LogP contribution in [0, 0.1) is 6.92 Å². The van der Waals surface area contributed by atoms with E-state index in [4.69, 9.17) is 5.73 Å². The summed E-state index contributed by atoms with van der Waals surface area (Å²) in [5.74, 6) is 0.503. The van der Waals surface area contributed by atoms with Gasteiger partial charge in [0.15, 0.2) is 5.82 Å². The number of benzene rings is 1. The fraction of sp³-hybridized carbons (Fsp3) is 0.308. The highest BCUT2D eigenvalue weighted by atomic mass is 15.2. The van der Waals surface area contributed by atoms with E-state index in [0.717, 1.165) is 33.9 Å². The Hall–Kier alpha value is -2.37. The van der Waals surface area contributed by atoms with E-state index in [2.05, 4.69) is 26.1 Å². The lowest BCUT2D eigenvalue weighted by molar-refractivity contribution is 1.05. The number of aryl methyl sites for hydroxylation is 1. The third-order valence-corrected chi connectivity index (χ3v) is 3.19. The lowest BCUT2D eigenvalue weighted by Gasteiger charge is -2.17. The second-order valence-corrected chi connectivity index (χ2v) is 4.31. The van der Waals surface area contributed by atoms with E-state index < -0.39 is 0 Å². The molecule has 6 heteroatoms. The van der Waals surface area contributed by atoms with Crippen LogP contribution in [-0.4, -0.2) is 31.3 Å². The van der Waals surface area contributed by atoms with Gasteiger partial charge in [-0.15, -0.1) is 0 Å². The molecule has 6 N–H and O–H groups in total. The first-order valence-corrected chi connectivity index (χ1v) is 6.14. The average molecular weight is 260 g/mol. The second-order valence-electron chi connectivity index (χ2n) is 4.31. The maximum Gasteiger partial charge on any atom is 0.153 e. The zero-order valence-electron chi connectivity index (χ0n) is 11.7. The summed E-state index contributed by atoms with van der Waals surface area (Å²) in [5, 5.41) is 16.6. The number of H-pyrrole nitrogens is 1. The summed E-state index contributed by atoms with van der Waals surface area (Å²) < 4.78 is 0. The molecule has 0 amide bonds. The van der Waals surface area contributed by atoms with Crippen molar-refractivity contribution in [1.29, 1.82) is 0 Å². The van der Waals surface area contributed by atoms with Gasteiger partial charge in [0, 0.05) is 49.5 Å². The van der Waals surface area contributed by atoms with Crippen LogP contribution in [0.15, 0.2) is 12.1 Å². The number of hydrogen-bond acceptors (Lipinski definition) is 5. The zero-order chi connectivity index (χ0) is 14.0. The van der Waals surface area contributed by atoms with Crippen LogP contribution in [0.5, 0.6) is 0 Å². The summed E-state index contributed by atoms with van der Waals surface area (Å²) in [4.78, 5) is 0. The average Bonchev–Trinajstić information content (AvgIpc) is 2.76. The lowest BCUT2D eigenvalue weighted by Crippen LogP contribution is -2.02. The Morgan fingerprint density at radius 3 is 1.95 bits per heavy atom. The highest BCUT2D eigenvalue weighted by Crippen LogP contribution is 2.41. The quantitative estimate of drug-likeness (QED) is 0.580. The van der Waals surface area contributed by atoms with Crippen molar-refractivity contribution < 1.29 is 0 Å².